The van der Waals surface area contributed by atoms with E-state index in [1.54, 1.807) is 12.1 Å². The van der Waals surface area contributed by atoms with Crippen LogP contribution < -0.4 is 51.4 Å². The van der Waals surface area contributed by atoms with Gasteiger partial charge in [0.15, 0.2) is 0 Å². The molecule has 70 valence electrons. The summed E-state index contributed by atoms with van der Waals surface area (Å²) < 4.78 is 4.74. The Morgan fingerprint density at radius 2 is 2.21 bits per heavy atom. The molecule has 3 nitrogen and oxygen atoms in total. The van der Waals surface area contributed by atoms with Gasteiger partial charge in [-0.05, 0) is 12.1 Å². The van der Waals surface area contributed by atoms with Gasteiger partial charge in [-0.15, -0.1) is 0 Å². The number of ether oxygens (including phenoxy) is 1. The van der Waals surface area contributed by atoms with E-state index >= 15 is 0 Å². The standard InChI is InChI=1S/C10H10O3.K.H/c1-2-7-13-10(12)8-5-3-4-6-9(8)11;;/h2-6,11H,1,7H2;;/q;+1;-1. The number of carbonyl (C=O) groups is 1. The molecule has 0 radical (unpaired) electrons. The van der Waals surface area contributed by atoms with Crippen molar-refractivity contribution < 1.29 is 67.4 Å². The molecule has 0 spiro atoms. The molecule has 4 heteroatoms. The van der Waals surface area contributed by atoms with Crippen molar-refractivity contribution in [3.05, 3.63) is 42.5 Å². The number of phenols is 1. The van der Waals surface area contributed by atoms with E-state index in [-0.39, 0.29) is 70.7 Å². The van der Waals surface area contributed by atoms with Gasteiger partial charge in [0.25, 0.3) is 0 Å². The Morgan fingerprint density at radius 1 is 1.57 bits per heavy atom. The van der Waals surface area contributed by atoms with Crippen LogP contribution in [0.1, 0.15) is 11.8 Å². The minimum atomic E-state index is -0.544. The molecule has 0 aliphatic carbocycles. The van der Waals surface area contributed by atoms with Crippen LogP contribution >= 0.6 is 0 Å². The summed E-state index contributed by atoms with van der Waals surface area (Å²) in [5, 5.41) is 9.25. The molecule has 1 rings (SSSR count). The second-order valence-electron chi connectivity index (χ2n) is 2.40. The molecule has 0 atom stereocenters. The van der Waals surface area contributed by atoms with Gasteiger partial charge in [0.05, 0.1) is 0 Å². The molecule has 0 aliphatic rings. The van der Waals surface area contributed by atoms with Crippen molar-refractivity contribution in [2.75, 3.05) is 6.61 Å². The Morgan fingerprint density at radius 3 is 2.79 bits per heavy atom. The first-order valence-corrected chi connectivity index (χ1v) is 3.81. The topological polar surface area (TPSA) is 46.5 Å². The van der Waals surface area contributed by atoms with Gasteiger partial charge in [-0.1, -0.05) is 24.8 Å². The van der Waals surface area contributed by atoms with Crippen molar-refractivity contribution in [3.63, 3.8) is 0 Å². The number of rotatable bonds is 3. The predicted octanol–water partition coefficient (Wildman–Crippen LogP) is -1.15. The maximum atomic E-state index is 11.2. The molecule has 0 bridgehead atoms. The van der Waals surface area contributed by atoms with E-state index in [9.17, 15) is 9.90 Å². The van der Waals surface area contributed by atoms with Crippen LogP contribution in [0.3, 0.4) is 0 Å². The first-order valence-electron chi connectivity index (χ1n) is 3.81. The maximum absolute atomic E-state index is 11.2. The molecule has 0 fully saturated rings. The van der Waals surface area contributed by atoms with Gasteiger partial charge in [0.2, 0.25) is 0 Å². The van der Waals surface area contributed by atoms with Crippen LogP contribution in [-0.4, -0.2) is 17.7 Å². The molecule has 0 aromatic heterocycles. The van der Waals surface area contributed by atoms with Crippen LogP contribution in [0.2, 0.25) is 0 Å². The van der Waals surface area contributed by atoms with Crippen LogP contribution in [0.4, 0.5) is 0 Å². The van der Waals surface area contributed by atoms with Gasteiger partial charge < -0.3 is 11.3 Å². The summed E-state index contributed by atoms with van der Waals surface area (Å²) in [6, 6.07) is 6.23. The molecule has 0 saturated heterocycles. The minimum absolute atomic E-state index is 0. The monoisotopic (exact) mass is 218 g/mol. The Labute approximate surface area is 127 Å². The zero-order chi connectivity index (χ0) is 9.68. The van der Waals surface area contributed by atoms with Crippen molar-refractivity contribution in [2.24, 2.45) is 0 Å². The van der Waals surface area contributed by atoms with Crippen molar-refractivity contribution in [2.45, 2.75) is 0 Å². The van der Waals surface area contributed by atoms with Crippen molar-refractivity contribution in [3.8, 4) is 5.75 Å². The minimum Gasteiger partial charge on any atom is -1.00 e. The van der Waals surface area contributed by atoms with Crippen LogP contribution in [-0.2, 0) is 4.74 Å². The summed E-state index contributed by atoms with van der Waals surface area (Å²) in [5.41, 5.74) is 0.171. The average molecular weight is 218 g/mol. The first-order chi connectivity index (χ1) is 6.25. The van der Waals surface area contributed by atoms with Crippen molar-refractivity contribution in [1.82, 2.24) is 0 Å². The predicted molar refractivity (Wildman–Crippen MR) is 49.7 cm³/mol. The van der Waals surface area contributed by atoms with Crippen LogP contribution in [0.15, 0.2) is 36.9 Å². The number of hydrogen-bond acceptors (Lipinski definition) is 3. The summed E-state index contributed by atoms with van der Waals surface area (Å²) in [6.45, 7) is 3.56. The Bertz CT molecular complexity index is 328. The molecule has 1 aromatic carbocycles. The molecule has 0 aliphatic heterocycles. The Kier molecular flexibility index (Phi) is 7.13. The number of para-hydroxylation sites is 1. The third-order valence-corrected chi connectivity index (χ3v) is 1.46. The summed E-state index contributed by atoms with van der Waals surface area (Å²) in [7, 11) is 0. The van der Waals surface area contributed by atoms with E-state index in [0.717, 1.165) is 0 Å². The average Bonchev–Trinajstić information content (AvgIpc) is 2.15. The number of esters is 1. The van der Waals surface area contributed by atoms with Gasteiger partial charge in [-0.3, -0.25) is 0 Å². The third kappa shape index (κ3) is 3.94. The van der Waals surface area contributed by atoms with E-state index in [1.165, 1.54) is 18.2 Å². The Balaban J connectivity index is 0. The molecule has 1 N–H and O–H groups in total. The smallest absolute Gasteiger partial charge is 1.00 e. The fourth-order valence-electron chi connectivity index (χ4n) is 0.859. The molecular formula is C10H11KO3. The fraction of sp³-hybridized carbons (Fsp3) is 0.100. The van der Waals surface area contributed by atoms with Crippen LogP contribution in [0.5, 0.6) is 5.75 Å². The van der Waals surface area contributed by atoms with Gasteiger partial charge in [0, 0.05) is 0 Å². The Hall–Kier alpha value is -0.134. The van der Waals surface area contributed by atoms with Gasteiger partial charge in [-0.2, -0.15) is 0 Å². The summed E-state index contributed by atoms with van der Waals surface area (Å²) in [4.78, 5) is 11.2. The molecule has 0 amide bonds. The number of aromatic hydroxyl groups is 1. The van der Waals surface area contributed by atoms with E-state index in [2.05, 4.69) is 6.58 Å². The third-order valence-electron chi connectivity index (χ3n) is 1.46. The molecule has 0 saturated carbocycles. The zero-order valence-electron chi connectivity index (χ0n) is 9.06. The van der Waals surface area contributed by atoms with Gasteiger partial charge in [0.1, 0.15) is 17.9 Å². The number of phenolic OH excluding ortho intramolecular Hbond substituents is 1. The summed E-state index contributed by atoms with van der Waals surface area (Å²) in [6.07, 6.45) is 1.47. The van der Waals surface area contributed by atoms with E-state index in [1.807, 2.05) is 0 Å². The van der Waals surface area contributed by atoms with Crippen molar-refractivity contribution in [1.29, 1.82) is 0 Å². The van der Waals surface area contributed by atoms with E-state index < -0.39 is 5.97 Å². The second kappa shape index (κ2) is 7.20. The molecular weight excluding hydrogens is 207 g/mol. The fourth-order valence-corrected chi connectivity index (χ4v) is 0.859. The number of hydrogen-bond donors (Lipinski definition) is 1. The maximum Gasteiger partial charge on any atom is 1.00 e. The van der Waals surface area contributed by atoms with Gasteiger partial charge >= 0.3 is 57.4 Å². The molecule has 0 heterocycles. The van der Waals surface area contributed by atoms with E-state index in [4.69, 9.17) is 4.74 Å². The first kappa shape index (κ1) is 13.9. The summed E-state index contributed by atoms with van der Waals surface area (Å²) >= 11 is 0. The van der Waals surface area contributed by atoms with Crippen molar-refractivity contribution >= 4 is 5.97 Å². The quantitative estimate of drug-likeness (QED) is 0.396. The largest absolute Gasteiger partial charge is 1.00 e. The zero-order valence-corrected chi connectivity index (χ0v) is 11.2. The SMILES string of the molecule is C=CCOC(=O)c1ccccc1O.[H-].[K+]. The van der Waals surface area contributed by atoms with Crippen LogP contribution in [0, 0.1) is 0 Å². The molecule has 0 unspecified atom stereocenters. The molecule has 14 heavy (non-hydrogen) atoms. The normalized spacial score (nSPS) is 8.57. The second-order valence-corrected chi connectivity index (χ2v) is 2.40. The number of benzene rings is 1. The van der Waals surface area contributed by atoms with Gasteiger partial charge in [-0.25, -0.2) is 4.79 Å². The molecule has 1 aromatic rings. The summed E-state index contributed by atoms with van der Waals surface area (Å²) in [5.74, 6) is -0.616. The van der Waals surface area contributed by atoms with E-state index in [0.29, 0.717) is 0 Å². The van der Waals surface area contributed by atoms with Crippen LogP contribution in [0.25, 0.3) is 0 Å². The number of carbonyl (C=O) groups excluding carboxylic acids is 1.